The smallest absolute Gasteiger partial charge is 0.263 e. The average molecular weight is 269 g/mol. The van der Waals surface area contributed by atoms with Crippen molar-refractivity contribution in [2.45, 2.75) is 11.1 Å². The highest BCUT2D eigenvalue weighted by Gasteiger charge is 2.38. The van der Waals surface area contributed by atoms with E-state index < -0.39 is 37.3 Å². The van der Waals surface area contributed by atoms with Crippen molar-refractivity contribution >= 4 is 9.84 Å². The molecule has 17 heavy (non-hydrogen) atoms. The second-order valence-electron chi connectivity index (χ2n) is 3.07. The van der Waals surface area contributed by atoms with Gasteiger partial charge in [0, 0.05) is 4.92 Å². The van der Waals surface area contributed by atoms with Crippen LogP contribution in [0.4, 0.5) is 13.2 Å². The van der Waals surface area contributed by atoms with Crippen LogP contribution < -0.4 is 0 Å². The Hall–Kier alpha value is -1.64. The maximum atomic E-state index is 12.5. The number of hydrogen-bond acceptors (Lipinski definition) is 4. The lowest BCUT2D eigenvalue weighted by Crippen LogP contribution is -2.19. The van der Waals surface area contributed by atoms with Crippen molar-refractivity contribution in [3.8, 4) is 0 Å². The molecule has 0 unspecified atom stereocenters. The van der Waals surface area contributed by atoms with E-state index in [0.29, 0.717) is 12.1 Å². The van der Waals surface area contributed by atoms with E-state index in [4.69, 9.17) is 0 Å². The van der Waals surface area contributed by atoms with E-state index in [0.717, 1.165) is 12.1 Å². The third-order valence-corrected chi connectivity index (χ3v) is 3.38. The van der Waals surface area contributed by atoms with Crippen molar-refractivity contribution in [1.82, 2.24) is 0 Å². The van der Waals surface area contributed by atoms with Gasteiger partial charge in [0.15, 0.2) is 0 Å². The zero-order chi connectivity index (χ0) is 13.3. The van der Waals surface area contributed by atoms with Crippen LogP contribution in [-0.4, -0.2) is 19.2 Å². The van der Waals surface area contributed by atoms with E-state index in [1.807, 2.05) is 0 Å². The van der Waals surface area contributed by atoms with Crippen LogP contribution in [0.1, 0.15) is 5.56 Å². The highest BCUT2D eigenvalue weighted by molar-refractivity contribution is 7.91. The molecule has 0 bridgehead atoms. The van der Waals surface area contributed by atoms with Crippen LogP contribution in [-0.2, 0) is 16.0 Å². The third-order valence-electron chi connectivity index (χ3n) is 1.80. The minimum Gasteiger partial charge on any atom is -0.263 e. The van der Waals surface area contributed by atoms with Crippen LogP contribution in [0, 0.1) is 10.1 Å². The predicted octanol–water partition coefficient (Wildman–Crippen LogP) is 1.71. The van der Waals surface area contributed by atoms with Gasteiger partial charge in [0.2, 0.25) is 9.84 Å². The summed E-state index contributed by atoms with van der Waals surface area (Å²) in [6.45, 7) is 0. The minimum atomic E-state index is -4.87. The Bertz CT molecular complexity index is 538. The first-order chi connectivity index (χ1) is 7.64. The summed E-state index contributed by atoms with van der Waals surface area (Å²) in [5.74, 6) is -1.57. The van der Waals surface area contributed by atoms with Gasteiger partial charge in [-0.3, -0.25) is 10.1 Å². The Morgan fingerprint density at radius 3 is 2.24 bits per heavy atom. The maximum absolute atomic E-state index is 12.5. The molecule has 0 amide bonds. The standard InChI is InChI=1S/C8H6F3NO4S/c9-8(10,11)6-3-1-2-4-7(6)17(15,16)5-12(13)14/h1-4H,5H2. The molecule has 1 aromatic rings. The summed E-state index contributed by atoms with van der Waals surface area (Å²) >= 11 is 0. The Labute approximate surface area is 93.9 Å². The van der Waals surface area contributed by atoms with E-state index in [-0.39, 0.29) is 0 Å². The van der Waals surface area contributed by atoms with Crippen molar-refractivity contribution in [3.05, 3.63) is 39.9 Å². The molecule has 0 fully saturated rings. The topological polar surface area (TPSA) is 77.3 Å². The van der Waals surface area contributed by atoms with Gasteiger partial charge in [-0.05, 0) is 12.1 Å². The molecule has 94 valence electrons. The molecule has 0 saturated heterocycles. The van der Waals surface area contributed by atoms with Gasteiger partial charge in [0.05, 0.1) is 10.5 Å². The molecule has 9 heteroatoms. The fraction of sp³-hybridized carbons (Fsp3) is 0.250. The number of nitro groups is 1. The highest BCUT2D eigenvalue weighted by Crippen LogP contribution is 2.34. The molecule has 0 radical (unpaired) electrons. The number of benzene rings is 1. The minimum absolute atomic E-state index is 0.562. The van der Waals surface area contributed by atoms with Crippen molar-refractivity contribution in [1.29, 1.82) is 0 Å². The van der Waals surface area contributed by atoms with E-state index in [9.17, 15) is 31.7 Å². The first-order valence-electron chi connectivity index (χ1n) is 4.15. The Kier molecular flexibility index (Phi) is 3.41. The molecule has 0 N–H and O–H groups in total. The quantitative estimate of drug-likeness (QED) is 0.618. The molecule has 0 aliphatic rings. The lowest BCUT2D eigenvalue weighted by molar-refractivity contribution is -0.458. The zero-order valence-corrected chi connectivity index (χ0v) is 8.96. The monoisotopic (exact) mass is 269 g/mol. The SMILES string of the molecule is O=[N+]([O-])CS(=O)(=O)c1ccccc1C(F)(F)F. The molecule has 5 nitrogen and oxygen atoms in total. The number of rotatable bonds is 3. The van der Waals surface area contributed by atoms with Crippen molar-refractivity contribution in [2.75, 3.05) is 5.88 Å². The van der Waals surface area contributed by atoms with E-state index in [1.54, 1.807) is 0 Å². The first-order valence-corrected chi connectivity index (χ1v) is 5.80. The molecule has 0 saturated carbocycles. The largest absolute Gasteiger partial charge is 0.417 e. The van der Waals surface area contributed by atoms with Crippen LogP contribution in [0.5, 0.6) is 0 Å². The van der Waals surface area contributed by atoms with Gasteiger partial charge in [-0.15, -0.1) is 0 Å². The number of hydrogen-bond donors (Lipinski definition) is 0. The molecule has 0 heterocycles. The summed E-state index contributed by atoms with van der Waals surface area (Å²) in [5.41, 5.74) is -1.40. The fourth-order valence-corrected chi connectivity index (χ4v) is 2.40. The van der Waals surface area contributed by atoms with Gasteiger partial charge in [-0.2, -0.15) is 13.2 Å². The second kappa shape index (κ2) is 4.32. The Balaban J connectivity index is 3.38. The molecule has 1 aromatic carbocycles. The summed E-state index contributed by atoms with van der Waals surface area (Å²) in [6.07, 6.45) is -4.87. The molecule has 1 rings (SSSR count). The van der Waals surface area contributed by atoms with E-state index >= 15 is 0 Å². The van der Waals surface area contributed by atoms with Gasteiger partial charge < -0.3 is 0 Å². The number of nitrogens with zero attached hydrogens (tertiary/aromatic N) is 1. The van der Waals surface area contributed by atoms with Crippen LogP contribution in [0.25, 0.3) is 0 Å². The van der Waals surface area contributed by atoms with Gasteiger partial charge in [0.25, 0.3) is 0 Å². The van der Waals surface area contributed by atoms with E-state index in [1.165, 1.54) is 0 Å². The Morgan fingerprint density at radius 2 is 1.76 bits per heavy atom. The Morgan fingerprint density at radius 1 is 1.24 bits per heavy atom. The number of sulfone groups is 1. The van der Waals surface area contributed by atoms with Crippen molar-refractivity contribution < 1.29 is 26.5 Å². The summed E-state index contributed by atoms with van der Waals surface area (Å²) in [7, 11) is -4.59. The fourth-order valence-electron chi connectivity index (χ4n) is 1.18. The molecule has 0 spiro atoms. The van der Waals surface area contributed by atoms with E-state index in [2.05, 4.69) is 0 Å². The summed E-state index contributed by atoms with van der Waals surface area (Å²) in [4.78, 5) is 7.82. The van der Waals surface area contributed by atoms with Gasteiger partial charge in [-0.1, -0.05) is 12.1 Å². The van der Waals surface area contributed by atoms with Crippen LogP contribution in [0.2, 0.25) is 0 Å². The normalized spacial score (nSPS) is 12.4. The second-order valence-corrected chi connectivity index (χ2v) is 5.00. The lowest BCUT2D eigenvalue weighted by atomic mass is 10.2. The summed E-state index contributed by atoms with van der Waals surface area (Å²) in [6, 6.07) is 3.34. The number of halogens is 3. The van der Waals surface area contributed by atoms with Gasteiger partial charge >= 0.3 is 12.1 Å². The molecule has 0 atom stereocenters. The molecular formula is C8H6F3NO4S. The molecule has 0 aliphatic heterocycles. The van der Waals surface area contributed by atoms with Crippen LogP contribution in [0.3, 0.4) is 0 Å². The van der Waals surface area contributed by atoms with Gasteiger partial charge in [-0.25, -0.2) is 8.42 Å². The maximum Gasteiger partial charge on any atom is 0.417 e. The summed E-state index contributed by atoms with van der Waals surface area (Å²) < 4.78 is 60.2. The van der Waals surface area contributed by atoms with Crippen LogP contribution in [0.15, 0.2) is 29.2 Å². The van der Waals surface area contributed by atoms with Gasteiger partial charge in [0.1, 0.15) is 0 Å². The third kappa shape index (κ3) is 3.16. The average Bonchev–Trinajstić information content (AvgIpc) is 2.14. The lowest BCUT2D eigenvalue weighted by Gasteiger charge is -2.10. The molecular weight excluding hydrogens is 263 g/mol. The first kappa shape index (κ1) is 13.4. The summed E-state index contributed by atoms with van der Waals surface area (Å²) in [5, 5.41) is 10.1. The molecule has 0 aliphatic carbocycles. The van der Waals surface area contributed by atoms with Crippen molar-refractivity contribution in [3.63, 3.8) is 0 Å². The van der Waals surface area contributed by atoms with Crippen LogP contribution >= 0.6 is 0 Å². The van der Waals surface area contributed by atoms with Crippen molar-refractivity contribution in [2.24, 2.45) is 0 Å². The molecule has 0 aromatic heterocycles. The highest BCUT2D eigenvalue weighted by atomic mass is 32.2. The predicted molar refractivity (Wildman–Crippen MR) is 50.5 cm³/mol. The zero-order valence-electron chi connectivity index (χ0n) is 8.14. The number of alkyl halides is 3.